The molecule has 9 nitrogen and oxygen atoms in total. The molecule has 1 unspecified atom stereocenters. The Balaban J connectivity index is 1.12. The summed E-state index contributed by atoms with van der Waals surface area (Å²) in [6.07, 6.45) is 12.1. The zero-order chi connectivity index (χ0) is 25.9. The molecular weight excluding hydrogens is 508 g/mol. The Kier molecular flexibility index (Phi) is 10.0. The Morgan fingerprint density at radius 3 is 2.22 bits per heavy atom. The number of hydrogen-bond acceptors (Lipinski definition) is 9. The second-order valence-corrected chi connectivity index (χ2v) is 10.8. The summed E-state index contributed by atoms with van der Waals surface area (Å²) in [6, 6.07) is 9.36. The van der Waals surface area contributed by atoms with E-state index in [-0.39, 0.29) is 12.3 Å². The number of aliphatic hydroxyl groups excluding tert-OH is 1. The molecular formula is C26H30N6O3S2. The lowest BCUT2D eigenvalue weighted by molar-refractivity contribution is -0.124. The molecule has 2 heterocycles. The molecule has 0 spiro atoms. The topological polar surface area (TPSA) is 130 Å². The van der Waals surface area contributed by atoms with E-state index in [1.807, 2.05) is 30.3 Å². The zero-order valence-electron chi connectivity index (χ0n) is 20.4. The van der Waals surface area contributed by atoms with Gasteiger partial charge in [-0.3, -0.25) is 14.9 Å². The van der Waals surface area contributed by atoms with Crippen LogP contribution in [0.1, 0.15) is 54.1 Å². The van der Waals surface area contributed by atoms with Crippen LogP contribution in [0.3, 0.4) is 0 Å². The second kappa shape index (κ2) is 13.9. The fourth-order valence-electron chi connectivity index (χ4n) is 3.77. The number of benzene rings is 1. The number of nitrogens with one attached hydrogen (secondary N) is 2. The lowest BCUT2D eigenvalue weighted by atomic mass is 10.0. The number of anilines is 2. The summed E-state index contributed by atoms with van der Waals surface area (Å²) in [5, 5.41) is 34.7. The molecule has 0 saturated heterocycles. The molecule has 4 rings (SSSR count). The molecule has 1 aliphatic rings. The maximum Gasteiger partial charge on any atom is 0.255 e. The van der Waals surface area contributed by atoms with Crippen molar-refractivity contribution in [1.82, 2.24) is 20.4 Å². The number of aryl methyl sites for hydroxylation is 2. The first-order valence-corrected chi connectivity index (χ1v) is 14.0. The van der Waals surface area contributed by atoms with Gasteiger partial charge in [0.2, 0.25) is 16.2 Å². The zero-order valence-corrected chi connectivity index (χ0v) is 22.1. The van der Waals surface area contributed by atoms with Crippen molar-refractivity contribution in [1.29, 1.82) is 0 Å². The van der Waals surface area contributed by atoms with Gasteiger partial charge >= 0.3 is 0 Å². The number of carbonyl (C=O) groups excluding carboxylic acids is 2. The smallest absolute Gasteiger partial charge is 0.255 e. The van der Waals surface area contributed by atoms with Crippen molar-refractivity contribution in [2.24, 2.45) is 0 Å². The Hall–Kier alpha value is -3.28. The number of unbranched alkanes of at least 4 members (excludes halogenated alkanes) is 1. The molecule has 1 aliphatic carbocycles. The summed E-state index contributed by atoms with van der Waals surface area (Å²) < 4.78 is 0. The lowest BCUT2D eigenvalue weighted by Gasteiger charge is -2.09. The third-order valence-corrected chi connectivity index (χ3v) is 7.53. The maximum absolute atomic E-state index is 12.3. The molecule has 0 bridgehead atoms. The summed E-state index contributed by atoms with van der Waals surface area (Å²) in [4.78, 5) is 24.5. The summed E-state index contributed by atoms with van der Waals surface area (Å²) in [5.74, 6) is -0.539. The van der Waals surface area contributed by atoms with Gasteiger partial charge < -0.3 is 10.4 Å². The highest BCUT2D eigenvalue weighted by molar-refractivity contribution is 7.15. The fraction of sp³-hybridized carbons (Fsp3) is 0.385. The Bertz CT molecular complexity index is 1240. The monoisotopic (exact) mass is 538 g/mol. The molecule has 11 heteroatoms. The van der Waals surface area contributed by atoms with Gasteiger partial charge in [0, 0.05) is 25.7 Å². The normalized spacial score (nSPS) is 13.7. The first-order chi connectivity index (χ1) is 18.0. The Morgan fingerprint density at radius 1 is 0.892 bits per heavy atom. The van der Waals surface area contributed by atoms with E-state index >= 15 is 0 Å². The quantitative estimate of drug-likeness (QED) is 0.273. The van der Waals surface area contributed by atoms with Crippen LogP contribution in [0.5, 0.6) is 0 Å². The molecule has 2 amide bonds. The van der Waals surface area contributed by atoms with Crippen molar-refractivity contribution < 1.29 is 14.7 Å². The molecule has 2 aromatic heterocycles. The van der Waals surface area contributed by atoms with Crippen molar-refractivity contribution in [3.63, 3.8) is 0 Å². The summed E-state index contributed by atoms with van der Waals surface area (Å²) >= 11 is 2.71. The van der Waals surface area contributed by atoms with Crippen LogP contribution in [0.2, 0.25) is 0 Å². The maximum atomic E-state index is 12.3. The van der Waals surface area contributed by atoms with E-state index < -0.39 is 12.0 Å². The number of aliphatic hydroxyl groups is 1. The highest BCUT2D eigenvalue weighted by Crippen LogP contribution is 2.21. The second-order valence-electron chi connectivity index (χ2n) is 8.71. The number of carbonyl (C=O) groups is 2. The van der Waals surface area contributed by atoms with Crippen molar-refractivity contribution >= 4 is 44.8 Å². The summed E-state index contributed by atoms with van der Waals surface area (Å²) in [6.45, 7) is 0. The average Bonchev–Trinajstić information content (AvgIpc) is 3.55. The number of nitrogens with zero attached hydrogens (tertiary/aromatic N) is 4. The highest BCUT2D eigenvalue weighted by atomic mass is 32.1. The molecule has 0 saturated carbocycles. The molecule has 194 valence electrons. The minimum Gasteiger partial charge on any atom is -0.383 e. The van der Waals surface area contributed by atoms with E-state index in [1.165, 1.54) is 28.2 Å². The van der Waals surface area contributed by atoms with Crippen LogP contribution in [0.25, 0.3) is 0 Å². The van der Waals surface area contributed by atoms with E-state index in [2.05, 4.69) is 49.3 Å². The van der Waals surface area contributed by atoms with E-state index in [1.54, 1.807) is 0 Å². The number of aromatic nitrogens is 4. The standard InChI is InChI=1S/C26H30N6O3S2/c33-20(17-19-11-5-2-6-12-19)24(35)28-26-32-30-23(37-26)14-8-7-13-22-29-31-25(36-22)27-21(34)16-15-18-9-3-1-4-10-18/h2-3,5-6,9-12,20,33H,1,4,7-8,13-17H2,(H,27,31,34)(H,28,32,35). The lowest BCUT2D eigenvalue weighted by Crippen LogP contribution is -2.29. The highest BCUT2D eigenvalue weighted by Gasteiger charge is 2.17. The van der Waals surface area contributed by atoms with Crippen LogP contribution < -0.4 is 10.6 Å². The molecule has 3 N–H and O–H groups in total. The largest absolute Gasteiger partial charge is 0.383 e. The molecule has 0 fully saturated rings. The number of amides is 2. The van der Waals surface area contributed by atoms with Gasteiger partial charge in [-0.1, -0.05) is 76.8 Å². The molecule has 37 heavy (non-hydrogen) atoms. The van der Waals surface area contributed by atoms with Crippen LogP contribution in [-0.4, -0.2) is 43.4 Å². The third kappa shape index (κ3) is 8.96. The SMILES string of the molecule is O=C(CCC1=CCCC=C1)Nc1nnc(CCCCc2nnc(NC(=O)C(O)Cc3ccccc3)s2)s1. The van der Waals surface area contributed by atoms with Gasteiger partial charge in [0.1, 0.15) is 16.1 Å². The van der Waals surface area contributed by atoms with E-state index in [0.717, 1.165) is 60.5 Å². The first kappa shape index (κ1) is 26.8. The van der Waals surface area contributed by atoms with E-state index in [0.29, 0.717) is 16.7 Å². The fourth-order valence-corrected chi connectivity index (χ4v) is 5.36. The van der Waals surface area contributed by atoms with Crippen LogP contribution in [-0.2, 0) is 28.9 Å². The number of allylic oxidation sites excluding steroid dienone is 4. The number of hydrogen-bond donors (Lipinski definition) is 3. The minimum absolute atomic E-state index is 0.0469. The molecule has 0 radical (unpaired) electrons. The van der Waals surface area contributed by atoms with E-state index in [4.69, 9.17) is 0 Å². The van der Waals surface area contributed by atoms with Gasteiger partial charge in [-0.25, -0.2) is 0 Å². The molecule has 1 atom stereocenters. The summed E-state index contributed by atoms with van der Waals surface area (Å²) in [5.41, 5.74) is 2.10. The van der Waals surface area contributed by atoms with Crippen molar-refractivity contribution in [3.8, 4) is 0 Å². The van der Waals surface area contributed by atoms with E-state index in [9.17, 15) is 14.7 Å². The molecule has 3 aromatic rings. The van der Waals surface area contributed by atoms with Crippen molar-refractivity contribution in [2.45, 2.75) is 63.9 Å². The molecule has 0 aliphatic heterocycles. The van der Waals surface area contributed by atoms with Gasteiger partial charge in [-0.15, -0.1) is 20.4 Å². The van der Waals surface area contributed by atoms with Gasteiger partial charge in [0.05, 0.1) is 0 Å². The van der Waals surface area contributed by atoms with Crippen LogP contribution in [0, 0.1) is 0 Å². The number of rotatable bonds is 13. The average molecular weight is 539 g/mol. The van der Waals surface area contributed by atoms with Gasteiger partial charge in [-0.05, 0) is 37.7 Å². The third-order valence-electron chi connectivity index (χ3n) is 5.73. The van der Waals surface area contributed by atoms with Crippen molar-refractivity contribution in [2.75, 3.05) is 10.6 Å². The summed E-state index contributed by atoms with van der Waals surface area (Å²) in [7, 11) is 0. The Labute approximate surface area is 223 Å². The minimum atomic E-state index is -1.15. The van der Waals surface area contributed by atoms with Crippen LogP contribution in [0.4, 0.5) is 10.3 Å². The van der Waals surface area contributed by atoms with Gasteiger partial charge in [-0.2, -0.15) is 0 Å². The van der Waals surface area contributed by atoms with Crippen LogP contribution >= 0.6 is 22.7 Å². The van der Waals surface area contributed by atoms with Crippen molar-refractivity contribution in [3.05, 3.63) is 69.7 Å². The van der Waals surface area contributed by atoms with Gasteiger partial charge in [0.15, 0.2) is 0 Å². The predicted octanol–water partition coefficient (Wildman–Crippen LogP) is 4.49. The first-order valence-electron chi connectivity index (χ1n) is 12.4. The van der Waals surface area contributed by atoms with Crippen LogP contribution in [0.15, 0.2) is 54.1 Å². The Morgan fingerprint density at radius 2 is 1.57 bits per heavy atom. The molecule has 1 aromatic carbocycles. The predicted molar refractivity (Wildman–Crippen MR) is 146 cm³/mol. The van der Waals surface area contributed by atoms with Gasteiger partial charge in [0.25, 0.3) is 5.91 Å².